The van der Waals surface area contributed by atoms with Crippen LogP contribution < -0.4 is 10.6 Å². The zero-order chi connectivity index (χ0) is 15.7. The highest BCUT2D eigenvalue weighted by molar-refractivity contribution is 9.10. The molecule has 0 spiro atoms. The standard InChI is InChI=1S/C15H17BrN4OS/c1-9-12(6-10(16)7-18-9)14(21)15-19-13(8-22-15)20-4-2-11(17)3-5-20/h6-8,11H,2-5,17H2,1H3. The summed E-state index contributed by atoms with van der Waals surface area (Å²) in [6.07, 6.45) is 3.63. The Morgan fingerprint density at radius 1 is 1.45 bits per heavy atom. The quantitative estimate of drug-likeness (QED) is 0.828. The molecule has 0 amide bonds. The minimum atomic E-state index is -0.0729. The zero-order valence-electron chi connectivity index (χ0n) is 12.3. The van der Waals surface area contributed by atoms with Gasteiger partial charge in [0, 0.05) is 46.4 Å². The fourth-order valence-corrected chi connectivity index (χ4v) is 3.61. The van der Waals surface area contributed by atoms with Crippen molar-refractivity contribution in [2.45, 2.75) is 25.8 Å². The van der Waals surface area contributed by atoms with E-state index in [0.29, 0.717) is 16.3 Å². The maximum absolute atomic E-state index is 12.6. The number of anilines is 1. The molecule has 5 nitrogen and oxygen atoms in total. The van der Waals surface area contributed by atoms with E-state index in [0.717, 1.165) is 36.2 Å². The number of aromatic nitrogens is 2. The number of pyridine rings is 1. The van der Waals surface area contributed by atoms with E-state index in [-0.39, 0.29) is 11.8 Å². The van der Waals surface area contributed by atoms with Crippen LogP contribution in [0.5, 0.6) is 0 Å². The number of hydrogen-bond donors (Lipinski definition) is 1. The third kappa shape index (κ3) is 3.21. The Hall–Kier alpha value is -1.31. The predicted molar refractivity (Wildman–Crippen MR) is 91.6 cm³/mol. The van der Waals surface area contributed by atoms with Gasteiger partial charge in [-0.15, -0.1) is 11.3 Å². The largest absolute Gasteiger partial charge is 0.356 e. The maximum atomic E-state index is 12.6. The van der Waals surface area contributed by atoms with Crippen molar-refractivity contribution in [2.75, 3.05) is 18.0 Å². The second-order valence-electron chi connectivity index (χ2n) is 5.45. The number of carbonyl (C=O) groups is 1. The molecule has 116 valence electrons. The van der Waals surface area contributed by atoms with E-state index >= 15 is 0 Å². The summed E-state index contributed by atoms with van der Waals surface area (Å²) in [6.45, 7) is 3.63. The normalized spacial score (nSPS) is 16.0. The molecule has 3 rings (SSSR count). The molecule has 0 aromatic carbocycles. The van der Waals surface area contributed by atoms with Gasteiger partial charge in [-0.3, -0.25) is 9.78 Å². The molecule has 0 saturated carbocycles. The summed E-state index contributed by atoms with van der Waals surface area (Å²) in [5.74, 6) is 0.803. The lowest BCUT2D eigenvalue weighted by molar-refractivity contribution is 0.103. The summed E-state index contributed by atoms with van der Waals surface area (Å²) in [5.41, 5.74) is 7.24. The Kier molecular flexibility index (Phi) is 4.56. The van der Waals surface area contributed by atoms with E-state index in [4.69, 9.17) is 5.73 Å². The van der Waals surface area contributed by atoms with Gasteiger partial charge < -0.3 is 10.6 Å². The summed E-state index contributed by atoms with van der Waals surface area (Å²) < 4.78 is 0.795. The molecular weight excluding hydrogens is 364 g/mol. The van der Waals surface area contributed by atoms with Crippen LogP contribution >= 0.6 is 27.3 Å². The second-order valence-corrected chi connectivity index (χ2v) is 7.22. The summed E-state index contributed by atoms with van der Waals surface area (Å²) in [4.78, 5) is 23.5. The smallest absolute Gasteiger partial charge is 0.223 e. The predicted octanol–water partition coefficient (Wildman–Crippen LogP) is 2.77. The molecule has 2 N–H and O–H groups in total. The lowest BCUT2D eigenvalue weighted by atomic mass is 10.1. The molecule has 0 unspecified atom stereocenters. The van der Waals surface area contributed by atoms with E-state index in [1.54, 1.807) is 12.3 Å². The highest BCUT2D eigenvalue weighted by Crippen LogP contribution is 2.25. The van der Waals surface area contributed by atoms with Crippen LogP contribution in [0.3, 0.4) is 0 Å². The average Bonchev–Trinajstić information content (AvgIpc) is 2.99. The van der Waals surface area contributed by atoms with Crippen LogP contribution in [0.4, 0.5) is 5.82 Å². The molecule has 1 aliphatic rings. The number of halogens is 1. The van der Waals surface area contributed by atoms with Crippen LogP contribution in [-0.2, 0) is 0 Å². The maximum Gasteiger partial charge on any atom is 0.223 e. The van der Waals surface area contributed by atoms with Crippen LogP contribution in [0, 0.1) is 6.92 Å². The van der Waals surface area contributed by atoms with Crippen molar-refractivity contribution >= 4 is 38.9 Å². The van der Waals surface area contributed by atoms with Crippen molar-refractivity contribution in [2.24, 2.45) is 5.73 Å². The number of aryl methyl sites for hydroxylation is 1. The summed E-state index contributed by atoms with van der Waals surface area (Å²) >= 11 is 4.74. The van der Waals surface area contributed by atoms with Gasteiger partial charge in [0.05, 0.1) is 0 Å². The highest BCUT2D eigenvalue weighted by atomic mass is 79.9. The molecule has 2 aromatic heterocycles. The van der Waals surface area contributed by atoms with Crippen molar-refractivity contribution in [1.82, 2.24) is 9.97 Å². The number of nitrogens with zero attached hydrogens (tertiary/aromatic N) is 3. The number of piperidine rings is 1. The van der Waals surface area contributed by atoms with Crippen LogP contribution in [0.2, 0.25) is 0 Å². The van der Waals surface area contributed by atoms with Crippen LogP contribution in [-0.4, -0.2) is 34.9 Å². The van der Waals surface area contributed by atoms with Crippen molar-refractivity contribution < 1.29 is 4.79 Å². The summed E-state index contributed by atoms with van der Waals surface area (Å²) in [6, 6.07) is 2.08. The monoisotopic (exact) mass is 380 g/mol. The number of rotatable bonds is 3. The van der Waals surface area contributed by atoms with Crippen LogP contribution in [0.15, 0.2) is 22.1 Å². The number of ketones is 1. The first-order valence-corrected chi connectivity index (χ1v) is 8.85. The first kappa shape index (κ1) is 15.6. The first-order chi connectivity index (χ1) is 10.5. The minimum Gasteiger partial charge on any atom is -0.356 e. The van der Waals surface area contributed by atoms with Gasteiger partial charge in [-0.2, -0.15) is 0 Å². The first-order valence-electron chi connectivity index (χ1n) is 7.17. The molecule has 7 heteroatoms. The van der Waals surface area contributed by atoms with E-state index in [1.807, 2.05) is 12.3 Å². The van der Waals surface area contributed by atoms with Crippen LogP contribution in [0.25, 0.3) is 0 Å². The van der Waals surface area contributed by atoms with E-state index < -0.39 is 0 Å². The highest BCUT2D eigenvalue weighted by Gasteiger charge is 2.21. The van der Waals surface area contributed by atoms with Gasteiger partial charge in [-0.25, -0.2) is 4.98 Å². The minimum absolute atomic E-state index is 0.0729. The molecule has 3 heterocycles. The topological polar surface area (TPSA) is 72.1 Å². The van der Waals surface area contributed by atoms with Crippen molar-refractivity contribution in [1.29, 1.82) is 0 Å². The number of thiazole rings is 1. The molecule has 0 atom stereocenters. The molecule has 0 radical (unpaired) electrons. The molecule has 1 fully saturated rings. The van der Waals surface area contributed by atoms with Crippen molar-refractivity contribution in [3.8, 4) is 0 Å². The Bertz CT molecular complexity index is 695. The third-order valence-electron chi connectivity index (χ3n) is 3.85. The Morgan fingerprint density at radius 3 is 2.91 bits per heavy atom. The number of carbonyl (C=O) groups excluding carboxylic acids is 1. The fourth-order valence-electron chi connectivity index (χ4n) is 2.50. The zero-order valence-corrected chi connectivity index (χ0v) is 14.7. The molecule has 22 heavy (non-hydrogen) atoms. The van der Waals surface area contributed by atoms with Gasteiger partial charge >= 0.3 is 0 Å². The molecule has 1 saturated heterocycles. The van der Waals surface area contributed by atoms with Crippen molar-refractivity contribution in [3.63, 3.8) is 0 Å². The second kappa shape index (κ2) is 6.44. The summed E-state index contributed by atoms with van der Waals surface area (Å²) in [5, 5.41) is 2.46. The molecule has 1 aliphatic heterocycles. The Labute approximate surface area is 141 Å². The fraction of sp³-hybridized carbons (Fsp3) is 0.400. The van der Waals surface area contributed by atoms with Gasteiger partial charge in [-0.05, 0) is 41.8 Å². The van der Waals surface area contributed by atoms with E-state index in [2.05, 4.69) is 30.8 Å². The Morgan fingerprint density at radius 2 is 2.18 bits per heavy atom. The molecule has 0 bridgehead atoms. The van der Waals surface area contributed by atoms with Crippen molar-refractivity contribution in [3.05, 3.63) is 38.4 Å². The average molecular weight is 381 g/mol. The molecule has 0 aliphatic carbocycles. The number of hydrogen-bond acceptors (Lipinski definition) is 6. The third-order valence-corrected chi connectivity index (χ3v) is 5.11. The Balaban J connectivity index is 1.81. The lowest BCUT2D eigenvalue weighted by Gasteiger charge is -2.30. The lowest BCUT2D eigenvalue weighted by Crippen LogP contribution is -2.39. The summed E-state index contributed by atoms with van der Waals surface area (Å²) in [7, 11) is 0. The SMILES string of the molecule is Cc1ncc(Br)cc1C(=O)c1nc(N2CCC(N)CC2)cs1. The van der Waals surface area contributed by atoms with Gasteiger partial charge in [0.2, 0.25) is 5.78 Å². The van der Waals surface area contributed by atoms with Crippen LogP contribution in [0.1, 0.15) is 33.9 Å². The molecule has 2 aromatic rings. The van der Waals surface area contributed by atoms with E-state index in [9.17, 15) is 4.79 Å². The molecular formula is C15H17BrN4OS. The van der Waals surface area contributed by atoms with Gasteiger partial charge in [-0.1, -0.05) is 0 Å². The number of nitrogens with two attached hydrogens (primary N) is 1. The van der Waals surface area contributed by atoms with Gasteiger partial charge in [0.15, 0.2) is 5.01 Å². The van der Waals surface area contributed by atoms with E-state index in [1.165, 1.54) is 11.3 Å². The van der Waals surface area contributed by atoms with Gasteiger partial charge in [0.25, 0.3) is 0 Å². The van der Waals surface area contributed by atoms with Gasteiger partial charge in [0.1, 0.15) is 5.82 Å².